The van der Waals surface area contributed by atoms with Gasteiger partial charge < -0.3 is 10.2 Å². The number of carbonyl (C=O) groups is 1. The monoisotopic (exact) mass is 308 g/mol. The van der Waals surface area contributed by atoms with Gasteiger partial charge in [-0.15, -0.1) is 0 Å². The summed E-state index contributed by atoms with van der Waals surface area (Å²) in [4.78, 5) is 14.7. The fourth-order valence-corrected chi connectivity index (χ4v) is 3.17. The van der Waals surface area contributed by atoms with Gasteiger partial charge >= 0.3 is 0 Å². The molecular formula is C20H24N2O. The number of likely N-dealkylation sites (tertiary alicyclic amines) is 1. The molecule has 0 spiro atoms. The first-order valence-corrected chi connectivity index (χ1v) is 8.37. The van der Waals surface area contributed by atoms with E-state index in [0.717, 1.165) is 37.1 Å². The molecular weight excluding hydrogens is 284 g/mol. The average molecular weight is 308 g/mol. The van der Waals surface area contributed by atoms with Crippen LogP contribution in [0.5, 0.6) is 0 Å². The van der Waals surface area contributed by atoms with Crippen molar-refractivity contribution in [2.75, 3.05) is 20.1 Å². The minimum atomic E-state index is 0.135. The van der Waals surface area contributed by atoms with Crippen molar-refractivity contribution >= 4 is 5.91 Å². The van der Waals surface area contributed by atoms with Crippen molar-refractivity contribution in [2.45, 2.75) is 25.8 Å². The maximum absolute atomic E-state index is 12.7. The Labute approximate surface area is 138 Å². The molecule has 1 atom stereocenters. The molecule has 3 rings (SSSR count). The van der Waals surface area contributed by atoms with Crippen LogP contribution in [0.4, 0.5) is 0 Å². The van der Waals surface area contributed by atoms with Crippen LogP contribution in [0.25, 0.3) is 11.1 Å². The van der Waals surface area contributed by atoms with E-state index in [2.05, 4.69) is 42.6 Å². The van der Waals surface area contributed by atoms with Gasteiger partial charge in [0, 0.05) is 24.7 Å². The zero-order valence-electron chi connectivity index (χ0n) is 13.9. The second-order valence-electron chi connectivity index (χ2n) is 6.16. The number of benzene rings is 2. The molecule has 1 heterocycles. The summed E-state index contributed by atoms with van der Waals surface area (Å²) in [7, 11) is 1.96. The molecule has 1 saturated heterocycles. The molecule has 0 radical (unpaired) electrons. The van der Waals surface area contributed by atoms with Crippen LogP contribution in [0.1, 0.15) is 29.3 Å². The minimum absolute atomic E-state index is 0.135. The van der Waals surface area contributed by atoms with E-state index >= 15 is 0 Å². The van der Waals surface area contributed by atoms with Gasteiger partial charge in [0.05, 0.1) is 0 Å². The van der Waals surface area contributed by atoms with Crippen LogP contribution in [-0.4, -0.2) is 37.0 Å². The van der Waals surface area contributed by atoms with Crippen molar-refractivity contribution in [3.8, 4) is 11.1 Å². The van der Waals surface area contributed by atoms with E-state index < -0.39 is 0 Å². The van der Waals surface area contributed by atoms with Crippen LogP contribution in [0.2, 0.25) is 0 Å². The SMILES string of the molecule is CCc1cccc(-c2cccc(C(=O)N3CC[C@H](NC)C3)c2)c1. The van der Waals surface area contributed by atoms with Gasteiger partial charge in [0.25, 0.3) is 5.91 Å². The first-order valence-electron chi connectivity index (χ1n) is 8.37. The van der Waals surface area contributed by atoms with Crippen LogP contribution in [0.3, 0.4) is 0 Å². The number of hydrogen-bond acceptors (Lipinski definition) is 2. The molecule has 0 aromatic heterocycles. The van der Waals surface area contributed by atoms with E-state index in [9.17, 15) is 4.79 Å². The van der Waals surface area contributed by atoms with Gasteiger partial charge in [-0.2, -0.15) is 0 Å². The van der Waals surface area contributed by atoms with Crippen LogP contribution in [-0.2, 0) is 6.42 Å². The topological polar surface area (TPSA) is 32.3 Å². The highest BCUT2D eigenvalue weighted by Crippen LogP contribution is 2.23. The van der Waals surface area contributed by atoms with Crippen molar-refractivity contribution in [1.29, 1.82) is 0 Å². The van der Waals surface area contributed by atoms with Crippen molar-refractivity contribution in [3.63, 3.8) is 0 Å². The summed E-state index contributed by atoms with van der Waals surface area (Å²) in [5.74, 6) is 0.135. The molecule has 1 aliphatic rings. The normalized spacial score (nSPS) is 17.5. The number of amides is 1. The Bertz CT molecular complexity index is 696. The smallest absolute Gasteiger partial charge is 0.253 e. The highest BCUT2D eigenvalue weighted by Gasteiger charge is 2.25. The van der Waals surface area contributed by atoms with Gasteiger partial charge in [0.15, 0.2) is 0 Å². The number of hydrogen-bond donors (Lipinski definition) is 1. The summed E-state index contributed by atoms with van der Waals surface area (Å²) in [6, 6.07) is 16.9. The number of nitrogens with one attached hydrogen (secondary N) is 1. The lowest BCUT2D eigenvalue weighted by Gasteiger charge is -2.17. The predicted molar refractivity (Wildman–Crippen MR) is 94.6 cm³/mol. The molecule has 23 heavy (non-hydrogen) atoms. The fourth-order valence-electron chi connectivity index (χ4n) is 3.17. The summed E-state index contributed by atoms with van der Waals surface area (Å²) >= 11 is 0. The molecule has 1 fully saturated rings. The van der Waals surface area contributed by atoms with Crippen LogP contribution in [0.15, 0.2) is 48.5 Å². The molecule has 1 N–H and O–H groups in total. The summed E-state index contributed by atoms with van der Waals surface area (Å²) in [6.07, 6.45) is 2.05. The van der Waals surface area contributed by atoms with Gasteiger partial charge in [0.2, 0.25) is 0 Å². The van der Waals surface area contributed by atoms with Gasteiger partial charge in [-0.05, 0) is 48.7 Å². The first kappa shape index (κ1) is 15.8. The first-order chi connectivity index (χ1) is 11.2. The Balaban J connectivity index is 1.83. The zero-order valence-corrected chi connectivity index (χ0v) is 13.9. The predicted octanol–water partition coefficient (Wildman–Crippen LogP) is 3.35. The molecule has 0 bridgehead atoms. The van der Waals surface area contributed by atoms with Crippen molar-refractivity contribution in [2.24, 2.45) is 0 Å². The quantitative estimate of drug-likeness (QED) is 0.939. The molecule has 0 aliphatic carbocycles. The maximum atomic E-state index is 12.7. The highest BCUT2D eigenvalue weighted by atomic mass is 16.2. The Hall–Kier alpha value is -2.13. The molecule has 0 saturated carbocycles. The largest absolute Gasteiger partial charge is 0.337 e. The minimum Gasteiger partial charge on any atom is -0.337 e. The van der Waals surface area contributed by atoms with E-state index in [4.69, 9.17) is 0 Å². The molecule has 1 aliphatic heterocycles. The molecule has 0 unspecified atom stereocenters. The molecule has 3 heteroatoms. The van der Waals surface area contributed by atoms with E-state index in [1.54, 1.807) is 0 Å². The lowest BCUT2D eigenvalue weighted by atomic mass is 10.00. The molecule has 120 valence electrons. The molecule has 2 aromatic carbocycles. The highest BCUT2D eigenvalue weighted by molar-refractivity contribution is 5.95. The zero-order chi connectivity index (χ0) is 16.2. The van der Waals surface area contributed by atoms with Gasteiger partial charge in [-0.3, -0.25) is 4.79 Å². The van der Waals surface area contributed by atoms with Crippen LogP contribution < -0.4 is 5.32 Å². The molecule has 2 aromatic rings. The van der Waals surface area contributed by atoms with E-state index in [-0.39, 0.29) is 5.91 Å². The third-order valence-electron chi connectivity index (χ3n) is 4.66. The van der Waals surface area contributed by atoms with Crippen molar-refractivity contribution in [3.05, 3.63) is 59.7 Å². The Kier molecular flexibility index (Phi) is 4.77. The van der Waals surface area contributed by atoms with Crippen LogP contribution >= 0.6 is 0 Å². The lowest BCUT2D eigenvalue weighted by molar-refractivity contribution is 0.0790. The number of likely N-dealkylation sites (N-methyl/N-ethyl adjacent to an activating group) is 1. The fraction of sp³-hybridized carbons (Fsp3) is 0.350. The van der Waals surface area contributed by atoms with E-state index in [0.29, 0.717) is 6.04 Å². The molecule has 3 nitrogen and oxygen atoms in total. The summed E-state index contributed by atoms with van der Waals surface area (Å²) in [6.45, 7) is 3.79. The summed E-state index contributed by atoms with van der Waals surface area (Å²) in [5, 5.41) is 3.26. The van der Waals surface area contributed by atoms with Gasteiger partial charge in [-0.25, -0.2) is 0 Å². The van der Waals surface area contributed by atoms with Gasteiger partial charge in [0.1, 0.15) is 0 Å². The third-order valence-corrected chi connectivity index (χ3v) is 4.66. The van der Waals surface area contributed by atoms with Crippen molar-refractivity contribution < 1.29 is 4.79 Å². The summed E-state index contributed by atoms with van der Waals surface area (Å²) < 4.78 is 0. The second kappa shape index (κ2) is 6.97. The Morgan fingerprint density at radius 1 is 1.17 bits per heavy atom. The summed E-state index contributed by atoms with van der Waals surface area (Å²) in [5.41, 5.74) is 4.38. The standard InChI is InChI=1S/C20H24N2O/c1-3-15-6-4-7-16(12-15)17-8-5-9-18(13-17)20(23)22-11-10-19(14-22)21-2/h4-9,12-13,19,21H,3,10-11,14H2,1-2H3/t19-/m0/s1. The molecule has 1 amide bonds. The van der Waals surface area contributed by atoms with Crippen molar-refractivity contribution in [1.82, 2.24) is 10.2 Å². The number of carbonyl (C=O) groups excluding carboxylic acids is 1. The number of rotatable bonds is 4. The number of aryl methyl sites for hydroxylation is 1. The maximum Gasteiger partial charge on any atom is 0.253 e. The van der Waals surface area contributed by atoms with E-state index in [1.165, 1.54) is 11.1 Å². The Morgan fingerprint density at radius 3 is 2.61 bits per heavy atom. The van der Waals surface area contributed by atoms with E-state index in [1.807, 2.05) is 30.1 Å². The number of nitrogens with zero attached hydrogens (tertiary/aromatic N) is 1. The second-order valence-corrected chi connectivity index (χ2v) is 6.16. The third kappa shape index (κ3) is 3.45. The lowest BCUT2D eigenvalue weighted by Crippen LogP contribution is -2.33. The average Bonchev–Trinajstić information content (AvgIpc) is 3.10. The Morgan fingerprint density at radius 2 is 1.91 bits per heavy atom. The van der Waals surface area contributed by atoms with Gasteiger partial charge in [-0.1, -0.05) is 43.3 Å². The van der Waals surface area contributed by atoms with Crippen LogP contribution in [0, 0.1) is 0 Å².